The maximum absolute atomic E-state index is 12.9. The van der Waals surface area contributed by atoms with Gasteiger partial charge in [-0.2, -0.15) is 0 Å². The number of aromatic nitrogens is 3. The van der Waals surface area contributed by atoms with Gasteiger partial charge in [0.05, 0.1) is 11.4 Å². The molecule has 1 N–H and O–H groups in total. The van der Waals surface area contributed by atoms with Gasteiger partial charge in [-0.15, -0.1) is 17.5 Å². The van der Waals surface area contributed by atoms with Crippen molar-refractivity contribution in [3.05, 3.63) is 66.0 Å². The molecule has 3 aromatic rings. The number of rotatable bonds is 3. The number of nitrogens with zero attached hydrogens (tertiary/aromatic N) is 4. The Morgan fingerprint density at radius 3 is 2.43 bits per heavy atom. The number of halogens is 1. The summed E-state index contributed by atoms with van der Waals surface area (Å²) in [5, 5.41) is 11.7. The van der Waals surface area contributed by atoms with E-state index in [2.05, 4.69) is 39.9 Å². The summed E-state index contributed by atoms with van der Waals surface area (Å²) in [4.78, 5) is 14.8. The van der Waals surface area contributed by atoms with Crippen LogP contribution in [0.25, 0.3) is 16.8 Å². The van der Waals surface area contributed by atoms with Gasteiger partial charge >= 0.3 is 0 Å². The summed E-state index contributed by atoms with van der Waals surface area (Å²) in [6.07, 6.45) is 0. The molecule has 2 aromatic carbocycles. The van der Waals surface area contributed by atoms with Crippen molar-refractivity contribution in [3.8, 4) is 16.8 Å². The highest BCUT2D eigenvalue weighted by Crippen LogP contribution is 2.22. The minimum atomic E-state index is -0.0475. The molecular formula is C21H24ClN5O. The SMILES string of the molecule is Cc1c(C(=O)N2CCNC[C@@H]2C)nnn1-c1ccc(-c2ccccc2)cc1.Cl. The lowest BCUT2D eigenvalue weighted by molar-refractivity contribution is 0.0649. The van der Waals surface area contributed by atoms with Crippen LogP contribution in [0.2, 0.25) is 0 Å². The Kier molecular flexibility index (Phi) is 6.11. The van der Waals surface area contributed by atoms with E-state index in [1.54, 1.807) is 4.68 Å². The zero-order valence-electron chi connectivity index (χ0n) is 16.0. The smallest absolute Gasteiger partial charge is 0.276 e. The van der Waals surface area contributed by atoms with Crippen LogP contribution in [0.5, 0.6) is 0 Å². The van der Waals surface area contributed by atoms with Crippen LogP contribution < -0.4 is 5.32 Å². The standard InChI is InChI=1S/C21H23N5O.ClH/c1-15-14-22-12-13-25(15)21(27)20-16(2)26(24-23-20)19-10-8-18(9-11-19)17-6-4-3-5-7-17;/h3-11,15,22H,12-14H2,1-2H3;1H/t15-;/m0./s1. The first-order chi connectivity index (χ1) is 13.1. The summed E-state index contributed by atoms with van der Waals surface area (Å²) in [6.45, 7) is 6.25. The number of benzene rings is 2. The molecule has 1 aliphatic heterocycles. The van der Waals surface area contributed by atoms with Crippen molar-refractivity contribution in [2.45, 2.75) is 19.9 Å². The van der Waals surface area contributed by atoms with Crippen LogP contribution in [0.3, 0.4) is 0 Å². The molecule has 146 valence electrons. The van der Waals surface area contributed by atoms with Gasteiger partial charge in [-0.1, -0.05) is 47.7 Å². The maximum Gasteiger partial charge on any atom is 0.276 e. The lowest BCUT2D eigenvalue weighted by Gasteiger charge is -2.33. The molecular weight excluding hydrogens is 374 g/mol. The van der Waals surface area contributed by atoms with Gasteiger partial charge in [-0.25, -0.2) is 4.68 Å². The van der Waals surface area contributed by atoms with Crippen LogP contribution in [-0.4, -0.2) is 51.5 Å². The highest BCUT2D eigenvalue weighted by Gasteiger charge is 2.28. The number of amides is 1. The molecule has 1 aromatic heterocycles. The second-order valence-electron chi connectivity index (χ2n) is 6.90. The Labute approximate surface area is 171 Å². The van der Waals surface area contributed by atoms with E-state index in [9.17, 15) is 4.79 Å². The summed E-state index contributed by atoms with van der Waals surface area (Å²) >= 11 is 0. The zero-order chi connectivity index (χ0) is 18.8. The monoisotopic (exact) mass is 397 g/mol. The van der Waals surface area contributed by atoms with Gasteiger partial charge in [-0.3, -0.25) is 4.79 Å². The van der Waals surface area contributed by atoms with Crippen LogP contribution in [0, 0.1) is 6.92 Å². The van der Waals surface area contributed by atoms with E-state index in [1.807, 2.05) is 49.1 Å². The first-order valence-corrected chi connectivity index (χ1v) is 9.25. The highest BCUT2D eigenvalue weighted by atomic mass is 35.5. The lowest BCUT2D eigenvalue weighted by Crippen LogP contribution is -2.52. The third-order valence-electron chi connectivity index (χ3n) is 5.08. The van der Waals surface area contributed by atoms with Crippen molar-refractivity contribution < 1.29 is 4.79 Å². The van der Waals surface area contributed by atoms with Crippen LogP contribution >= 0.6 is 12.4 Å². The molecule has 2 heterocycles. The number of carbonyl (C=O) groups excluding carboxylic acids is 1. The van der Waals surface area contributed by atoms with Gasteiger partial charge in [-0.05, 0) is 37.1 Å². The van der Waals surface area contributed by atoms with Gasteiger partial charge in [0.25, 0.3) is 5.91 Å². The number of piperazine rings is 1. The molecule has 1 saturated heterocycles. The molecule has 1 fully saturated rings. The van der Waals surface area contributed by atoms with Crippen molar-refractivity contribution in [2.24, 2.45) is 0 Å². The van der Waals surface area contributed by atoms with Gasteiger partial charge in [0, 0.05) is 25.7 Å². The second kappa shape index (κ2) is 8.54. The fourth-order valence-electron chi connectivity index (χ4n) is 3.48. The second-order valence-corrected chi connectivity index (χ2v) is 6.90. The average Bonchev–Trinajstić information content (AvgIpc) is 3.10. The summed E-state index contributed by atoms with van der Waals surface area (Å²) in [6, 6.07) is 18.5. The average molecular weight is 398 g/mol. The van der Waals surface area contributed by atoms with E-state index < -0.39 is 0 Å². The molecule has 0 saturated carbocycles. The van der Waals surface area contributed by atoms with Crippen LogP contribution in [0.15, 0.2) is 54.6 Å². The Morgan fingerprint density at radius 2 is 1.75 bits per heavy atom. The van der Waals surface area contributed by atoms with Crippen LogP contribution in [0.4, 0.5) is 0 Å². The molecule has 0 spiro atoms. The largest absolute Gasteiger partial charge is 0.332 e. The normalized spacial score (nSPS) is 16.5. The van der Waals surface area contributed by atoms with E-state index in [1.165, 1.54) is 5.56 Å². The maximum atomic E-state index is 12.9. The molecule has 6 nitrogen and oxygen atoms in total. The molecule has 7 heteroatoms. The van der Waals surface area contributed by atoms with Crippen molar-refractivity contribution in [3.63, 3.8) is 0 Å². The molecule has 0 unspecified atom stereocenters. The molecule has 0 aliphatic carbocycles. The molecule has 4 rings (SSSR count). The Morgan fingerprint density at radius 1 is 1.07 bits per heavy atom. The van der Waals surface area contributed by atoms with E-state index in [0.29, 0.717) is 12.2 Å². The molecule has 28 heavy (non-hydrogen) atoms. The number of hydrogen-bond donors (Lipinski definition) is 1. The summed E-state index contributed by atoms with van der Waals surface area (Å²) in [5.41, 5.74) is 4.40. The lowest BCUT2D eigenvalue weighted by atomic mass is 10.1. The fourth-order valence-corrected chi connectivity index (χ4v) is 3.48. The van der Waals surface area contributed by atoms with Gasteiger partial charge in [0.15, 0.2) is 5.69 Å². The first-order valence-electron chi connectivity index (χ1n) is 9.25. The predicted molar refractivity (Wildman–Crippen MR) is 112 cm³/mol. The van der Waals surface area contributed by atoms with Gasteiger partial charge < -0.3 is 10.2 Å². The summed E-state index contributed by atoms with van der Waals surface area (Å²) < 4.78 is 1.73. The van der Waals surface area contributed by atoms with E-state index in [0.717, 1.165) is 30.0 Å². The molecule has 1 aliphatic rings. The summed E-state index contributed by atoms with van der Waals surface area (Å²) in [5.74, 6) is -0.0475. The molecule has 0 bridgehead atoms. The van der Waals surface area contributed by atoms with Crippen molar-refractivity contribution in [2.75, 3.05) is 19.6 Å². The van der Waals surface area contributed by atoms with Gasteiger partial charge in [0.2, 0.25) is 0 Å². The Balaban J connectivity index is 0.00000225. The number of hydrogen-bond acceptors (Lipinski definition) is 4. The minimum Gasteiger partial charge on any atom is -0.332 e. The van der Waals surface area contributed by atoms with E-state index >= 15 is 0 Å². The third-order valence-corrected chi connectivity index (χ3v) is 5.08. The van der Waals surface area contributed by atoms with Crippen molar-refractivity contribution in [1.82, 2.24) is 25.2 Å². The Bertz CT molecular complexity index is 939. The first kappa shape index (κ1) is 20.0. The van der Waals surface area contributed by atoms with Crippen LogP contribution in [-0.2, 0) is 0 Å². The molecule has 0 radical (unpaired) electrons. The van der Waals surface area contributed by atoms with Gasteiger partial charge in [0.1, 0.15) is 0 Å². The van der Waals surface area contributed by atoms with E-state index in [4.69, 9.17) is 0 Å². The topological polar surface area (TPSA) is 63.1 Å². The van der Waals surface area contributed by atoms with Crippen molar-refractivity contribution >= 4 is 18.3 Å². The minimum absolute atomic E-state index is 0. The van der Waals surface area contributed by atoms with E-state index in [-0.39, 0.29) is 24.4 Å². The predicted octanol–water partition coefficient (Wildman–Crippen LogP) is 3.10. The quantitative estimate of drug-likeness (QED) is 0.737. The fraction of sp³-hybridized carbons (Fsp3) is 0.286. The van der Waals surface area contributed by atoms with Crippen molar-refractivity contribution in [1.29, 1.82) is 0 Å². The highest BCUT2D eigenvalue weighted by molar-refractivity contribution is 5.93. The number of carbonyl (C=O) groups is 1. The third kappa shape index (κ3) is 3.79. The molecule has 1 atom stereocenters. The summed E-state index contributed by atoms with van der Waals surface area (Å²) in [7, 11) is 0. The zero-order valence-corrected chi connectivity index (χ0v) is 16.8. The molecule has 1 amide bonds. The Hall–Kier alpha value is -2.70. The number of nitrogens with one attached hydrogen (secondary N) is 1. The van der Waals surface area contributed by atoms with Crippen LogP contribution in [0.1, 0.15) is 23.1 Å².